The molecule has 0 fully saturated rings. The lowest BCUT2D eigenvalue weighted by Gasteiger charge is -1.98. The van der Waals surface area contributed by atoms with Crippen molar-refractivity contribution in [1.29, 1.82) is 0 Å². The van der Waals surface area contributed by atoms with E-state index in [-0.39, 0.29) is 0 Å². The molecule has 0 aliphatic rings. The Morgan fingerprint density at radius 3 is 3.15 bits per heavy atom. The van der Waals surface area contributed by atoms with Crippen molar-refractivity contribution in [2.45, 2.75) is 19.8 Å². The normalized spacial score (nSPS) is 10.6. The van der Waals surface area contributed by atoms with Crippen molar-refractivity contribution in [2.75, 3.05) is 0 Å². The van der Waals surface area contributed by atoms with E-state index in [9.17, 15) is 0 Å². The lowest BCUT2D eigenvalue weighted by atomic mass is 10.2. The minimum atomic E-state index is 0.604. The number of aromatic nitrogens is 1. The smallest absolute Gasteiger partial charge is 0.153 e. The Labute approximate surface area is 77.3 Å². The molecule has 0 saturated heterocycles. The second-order valence-electron chi connectivity index (χ2n) is 2.62. The highest BCUT2D eigenvalue weighted by Crippen LogP contribution is 2.08. The number of hydrogen-bond donors (Lipinski definition) is 2. The summed E-state index contributed by atoms with van der Waals surface area (Å²) in [7, 11) is 0. The summed E-state index contributed by atoms with van der Waals surface area (Å²) in [6.45, 7) is 2.10. The Bertz CT molecular complexity index is 286. The molecule has 0 amide bonds. The SMILES string of the molecule is CCCc1cccc(/N=C/NO)n1. The second-order valence-corrected chi connectivity index (χ2v) is 2.62. The average molecular weight is 179 g/mol. The zero-order valence-electron chi connectivity index (χ0n) is 7.57. The molecule has 13 heavy (non-hydrogen) atoms. The third kappa shape index (κ3) is 3.21. The third-order valence-corrected chi connectivity index (χ3v) is 1.55. The number of rotatable bonds is 4. The van der Waals surface area contributed by atoms with Crippen LogP contribution in [0.5, 0.6) is 0 Å². The minimum absolute atomic E-state index is 0.604. The number of aryl methyl sites for hydroxylation is 1. The molecule has 0 bridgehead atoms. The van der Waals surface area contributed by atoms with Crippen molar-refractivity contribution in [3.63, 3.8) is 0 Å². The maximum Gasteiger partial charge on any atom is 0.153 e. The van der Waals surface area contributed by atoms with Crippen LogP contribution in [0.25, 0.3) is 0 Å². The molecular formula is C9H13N3O. The number of pyridine rings is 1. The Morgan fingerprint density at radius 1 is 1.62 bits per heavy atom. The number of aliphatic imine (C=N–C) groups is 1. The van der Waals surface area contributed by atoms with Crippen molar-refractivity contribution in [2.24, 2.45) is 4.99 Å². The van der Waals surface area contributed by atoms with E-state index in [4.69, 9.17) is 5.21 Å². The van der Waals surface area contributed by atoms with E-state index >= 15 is 0 Å². The van der Waals surface area contributed by atoms with Gasteiger partial charge in [0, 0.05) is 5.69 Å². The molecule has 0 aliphatic heterocycles. The first-order valence-electron chi connectivity index (χ1n) is 4.25. The Morgan fingerprint density at radius 2 is 2.46 bits per heavy atom. The first-order chi connectivity index (χ1) is 6.36. The molecule has 4 heteroatoms. The van der Waals surface area contributed by atoms with Crippen molar-refractivity contribution in [3.05, 3.63) is 23.9 Å². The molecule has 1 aromatic heterocycles. The van der Waals surface area contributed by atoms with Crippen LogP contribution >= 0.6 is 0 Å². The van der Waals surface area contributed by atoms with Gasteiger partial charge < -0.3 is 0 Å². The molecule has 0 spiro atoms. The van der Waals surface area contributed by atoms with Crippen LogP contribution in [0.1, 0.15) is 19.0 Å². The summed E-state index contributed by atoms with van der Waals surface area (Å²) in [4.78, 5) is 8.12. The van der Waals surface area contributed by atoms with Gasteiger partial charge in [-0.2, -0.15) is 0 Å². The van der Waals surface area contributed by atoms with Crippen LogP contribution in [0.15, 0.2) is 23.2 Å². The highest BCUT2D eigenvalue weighted by Gasteiger charge is 1.93. The summed E-state index contributed by atoms with van der Waals surface area (Å²) in [5.41, 5.74) is 2.86. The van der Waals surface area contributed by atoms with Gasteiger partial charge in [0.15, 0.2) is 5.82 Å². The fourth-order valence-electron chi connectivity index (χ4n) is 1.03. The standard InChI is InChI=1S/C9H13N3O/c1-2-4-8-5-3-6-9(12-8)10-7-11-13/h3,5-7,13H,2,4H2,1H3,(H,10,11,12). The van der Waals surface area contributed by atoms with Gasteiger partial charge in [-0.15, -0.1) is 0 Å². The predicted molar refractivity (Wildman–Crippen MR) is 51.3 cm³/mol. The van der Waals surface area contributed by atoms with Crippen LogP contribution in [0.4, 0.5) is 5.82 Å². The maximum atomic E-state index is 8.27. The van der Waals surface area contributed by atoms with E-state index in [1.807, 2.05) is 17.6 Å². The molecule has 0 unspecified atom stereocenters. The van der Waals surface area contributed by atoms with Gasteiger partial charge in [-0.25, -0.2) is 9.98 Å². The van der Waals surface area contributed by atoms with Crippen LogP contribution in [0, 0.1) is 0 Å². The summed E-state index contributed by atoms with van der Waals surface area (Å²) in [6, 6.07) is 5.66. The topological polar surface area (TPSA) is 57.5 Å². The Balaban J connectivity index is 2.73. The van der Waals surface area contributed by atoms with Crippen molar-refractivity contribution < 1.29 is 5.21 Å². The second kappa shape index (κ2) is 5.27. The van der Waals surface area contributed by atoms with Gasteiger partial charge in [-0.3, -0.25) is 10.7 Å². The van der Waals surface area contributed by atoms with E-state index in [2.05, 4.69) is 16.9 Å². The van der Waals surface area contributed by atoms with E-state index in [1.54, 1.807) is 6.07 Å². The summed E-state index contributed by atoms with van der Waals surface area (Å²) >= 11 is 0. The largest absolute Gasteiger partial charge is 0.290 e. The lowest BCUT2D eigenvalue weighted by Crippen LogP contribution is -2.01. The molecule has 1 heterocycles. The number of nitrogens with zero attached hydrogens (tertiary/aromatic N) is 2. The number of nitrogens with one attached hydrogen (secondary N) is 1. The summed E-state index contributed by atoms with van der Waals surface area (Å²) in [5.74, 6) is 0.604. The van der Waals surface area contributed by atoms with Crippen LogP contribution in [0.2, 0.25) is 0 Å². The lowest BCUT2D eigenvalue weighted by molar-refractivity contribution is 0.240. The van der Waals surface area contributed by atoms with Gasteiger partial charge >= 0.3 is 0 Å². The third-order valence-electron chi connectivity index (χ3n) is 1.55. The van der Waals surface area contributed by atoms with Crippen LogP contribution in [-0.2, 0) is 6.42 Å². The van der Waals surface area contributed by atoms with E-state index in [0.29, 0.717) is 5.82 Å². The van der Waals surface area contributed by atoms with Gasteiger partial charge in [-0.05, 0) is 18.6 Å². The van der Waals surface area contributed by atoms with Gasteiger partial charge in [-0.1, -0.05) is 19.4 Å². The molecule has 0 aromatic carbocycles. The molecule has 0 atom stereocenters. The first kappa shape index (κ1) is 9.67. The predicted octanol–water partition coefficient (Wildman–Crippen LogP) is 1.67. The van der Waals surface area contributed by atoms with Crippen LogP contribution in [0.3, 0.4) is 0 Å². The minimum Gasteiger partial charge on any atom is -0.290 e. The Hall–Kier alpha value is -1.42. The van der Waals surface area contributed by atoms with Crippen LogP contribution < -0.4 is 5.48 Å². The molecule has 0 radical (unpaired) electrons. The van der Waals surface area contributed by atoms with E-state index < -0.39 is 0 Å². The molecule has 70 valence electrons. The van der Waals surface area contributed by atoms with Crippen molar-refractivity contribution in [3.8, 4) is 0 Å². The van der Waals surface area contributed by atoms with Gasteiger partial charge in [0.2, 0.25) is 0 Å². The van der Waals surface area contributed by atoms with Gasteiger partial charge in [0.25, 0.3) is 0 Å². The molecule has 0 aliphatic carbocycles. The Kier molecular flexibility index (Phi) is 3.92. The summed E-state index contributed by atoms with van der Waals surface area (Å²) in [6.07, 6.45) is 3.21. The van der Waals surface area contributed by atoms with E-state index in [0.717, 1.165) is 18.5 Å². The highest BCUT2D eigenvalue weighted by atomic mass is 16.5. The first-order valence-corrected chi connectivity index (χ1v) is 4.25. The molecule has 2 N–H and O–H groups in total. The maximum absolute atomic E-state index is 8.27. The molecule has 1 rings (SSSR count). The zero-order chi connectivity index (χ0) is 9.52. The number of hydroxylamine groups is 1. The van der Waals surface area contributed by atoms with E-state index in [1.165, 1.54) is 6.34 Å². The van der Waals surface area contributed by atoms with Crippen molar-refractivity contribution >= 4 is 12.2 Å². The summed E-state index contributed by atoms with van der Waals surface area (Å²) in [5, 5.41) is 8.27. The van der Waals surface area contributed by atoms with Crippen LogP contribution in [-0.4, -0.2) is 16.5 Å². The van der Waals surface area contributed by atoms with Gasteiger partial charge in [0.05, 0.1) is 0 Å². The number of hydrogen-bond acceptors (Lipinski definition) is 3. The molecule has 1 aromatic rings. The fourth-order valence-corrected chi connectivity index (χ4v) is 1.03. The molecule has 4 nitrogen and oxygen atoms in total. The highest BCUT2D eigenvalue weighted by molar-refractivity contribution is 5.57. The zero-order valence-corrected chi connectivity index (χ0v) is 7.57. The molecule has 0 saturated carbocycles. The van der Waals surface area contributed by atoms with Gasteiger partial charge in [0.1, 0.15) is 6.34 Å². The average Bonchev–Trinajstić information content (AvgIpc) is 2.16. The quantitative estimate of drug-likeness (QED) is 0.420. The summed E-state index contributed by atoms with van der Waals surface area (Å²) < 4.78 is 0. The monoisotopic (exact) mass is 179 g/mol. The fraction of sp³-hybridized carbons (Fsp3) is 0.333. The van der Waals surface area contributed by atoms with Crippen molar-refractivity contribution in [1.82, 2.24) is 10.5 Å². The molecular weight excluding hydrogens is 166 g/mol.